The van der Waals surface area contributed by atoms with Crippen LogP contribution in [0.5, 0.6) is 0 Å². The zero-order valence-corrected chi connectivity index (χ0v) is 15.0. The Hall–Kier alpha value is -0.390. The highest BCUT2D eigenvalue weighted by Gasteiger charge is 2.34. The number of hydrogen-bond acceptors (Lipinski definition) is 2. The molecule has 3 nitrogen and oxygen atoms in total. The summed E-state index contributed by atoms with van der Waals surface area (Å²) in [5, 5.41) is 9.90. The van der Waals surface area contributed by atoms with Crippen molar-refractivity contribution in [2.45, 2.75) is 61.6 Å². The molecule has 0 aliphatic heterocycles. The van der Waals surface area contributed by atoms with Crippen LogP contribution in [-0.2, 0) is 10.1 Å². The first-order valence-electron chi connectivity index (χ1n) is 7.92. The molecule has 3 N–H and O–H groups in total. The van der Waals surface area contributed by atoms with Crippen molar-refractivity contribution in [3.63, 3.8) is 0 Å². The first-order valence-corrected chi connectivity index (χ1v) is 10.6. The number of hydrogen-bond donors (Lipinski definition) is 3. The van der Waals surface area contributed by atoms with Gasteiger partial charge in [0.1, 0.15) is 0 Å². The second-order valence-electron chi connectivity index (χ2n) is 6.71. The van der Waals surface area contributed by atoms with Gasteiger partial charge in [-0.2, -0.15) is 0 Å². The summed E-state index contributed by atoms with van der Waals surface area (Å²) in [6.45, 7) is 2.33. The summed E-state index contributed by atoms with van der Waals surface area (Å²) in [6.07, 6.45) is 7.07. The van der Waals surface area contributed by atoms with Gasteiger partial charge in [0.05, 0.1) is 0 Å². The van der Waals surface area contributed by atoms with Gasteiger partial charge in [-0.25, -0.2) is 0 Å². The molecule has 3 rings (SSSR count). The van der Waals surface area contributed by atoms with Crippen LogP contribution in [0.2, 0.25) is 0 Å². The fraction of sp³-hybridized carbons (Fsp3) is 0.625. The van der Waals surface area contributed by atoms with E-state index >= 15 is 0 Å². The van der Waals surface area contributed by atoms with Crippen molar-refractivity contribution in [2.75, 3.05) is 5.32 Å². The normalized spacial score (nSPS) is 27.4. The Labute approximate surface area is 136 Å². The molecular formula is C16H25BrN2OS. The smallest absolute Gasteiger partial charge is 0.0487 e. The first kappa shape index (κ1) is 15.5. The summed E-state index contributed by atoms with van der Waals surface area (Å²) in [4.78, 5) is 0.805. The van der Waals surface area contributed by atoms with Crippen LogP contribution in [-0.4, -0.2) is 15.5 Å². The third kappa shape index (κ3) is 3.51. The molecule has 2 aliphatic carbocycles. The summed E-state index contributed by atoms with van der Waals surface area (Å²) in [5.41, 5.74) is 1.09. The third-order valence-corrected chi connectivity index (χ3v) is 8.16. The molecule has 0 spiro atoms. The van der Waals surface area contributed by atoms with Gasteiger partial charge in [0.25, 0.3) is 0 Å². The number of nitrogens with two attached hydrogens (primary N) is 1. The Kier molecular flexibility index (Phi) is 4.44. The van der Waals surface area contributed by atoms with E-state index in [-0.39, 0.29) is 5.25 Å². The topological polar surface area (TPSA) is 55.1 Å². The predicted molar refractivity (Wildman–Crippen MR) is 94.2 cm³/mol. The summed E-state index contributed by atoms with van der Waals surface area (Å²) in [7, 11) is -2.66. The van der Waals surface area contributed by atoms with Crippen molar-refractivity contribution in [1.82, 2.24) is 0 Å². The molecule has 118 valence electrons. The SMILES string of the molecule is C[C@H]1CC[C@H](Nc2ccc([SH](N)(=O)C3CC3)cc2Br)CC1. The molecule has 2 saturated carbocycles. The average molecular weight is 373 g/mol. The van der Waals surface area contributed by atoms with Crippen LogP contribution in [0.15, 0.2) is 27.6 Å². The maximum absolute atomic E-state index is 12.6. The summed E-state index contributed by atoms with van der Waals surface area (Å²) >= 11 is 3.61. The molecule has 2 fully saturated rings. The van der Waals surface area contributed by atoms with Crippen molar-refractivity contribution < 1.29 is 4.21 Å². The van der Waals surface area contributed by atoms with E-state index in [1.807, 2.05) is 18.2 Å². The Balaban J connectivity index is 1.71. The fourth-order valence-corrected chi connectivity index (χ4v) is 5.78. The Bertz CT molecular complexity index is 565. The van der Waals surface area contributed by atoms with Crippen LogP contribution in [0, 0.1) is 5.92 Å². The van der Waals surface area contributed by atoms with E-state index in [4.69, 9.17) is 5.14 Å². The van der Waals surface area contributed by atoms with E-state index in [9.17, 15) is 4.21 Å². The van der Waals surface area contributed by atoms with Crippen LogP contribution in [0.3, 0.4) is 0 Å². The predicted octanol–water partition coefficient (Wildman–Crippen LogP) is 3.85. The minimum absolute atomic E-state index is 0.211. The highest BCUT2D eigenvalue weighted by molar-refractivity contribution is 9.10. The van der Waals surface area contributed by atoms with Gasteiger partial charge in [-0.15, -0.1) is 0 Å². The zero-order valence-electron chi connectivity index (χ0n) is 12.5. The average Bonchev–Trinajstić information content (AvgIpc) is 3.28. The lowest BCUT2D eigenvalue weighted by molar-refractivity contribution is 0.361. The lowest BCUT2D eigenvalue weighted by Gasteiger charge is -2.28. The second kappa shape index (κ2) is 6.01. The molecule has 21 heavy (non-hydrogen) atoms. The van der Waals surface area contributed by atoms with Gasteiger partial charge in [0.15, 0.2) is 0 Å². The molecule has 5 heteroatoms. The standard InChI is InChI=1S/C16H25BrN2OS/c1-11-2-4-12(5-3-11)19-16-9-8-14(10-15(16)17)21(18,20)13-6-7-13/h8-13,19,21H,2-7H2,1H3,(H2,18,20)/t11-,12-. The van der Waals surface area contributed by atoms with Crippen LogP contribution in [0.25, 0.3) is 0 Å². The Morgan fingerprint density at radius 3 is 2.43 bits per heavy atom. The fourth-order valence-electron chi connectivity index (χ4n) is 3.13. The summed E-state index contributed by atoms with van der Waals surface area (Å²) in [5.74, 6) is 0.857. The highest BCUT2D eigenvalue weighted by Crippen LogP contribution is 2.38. The van der Waals surface area contributed by atoms with Crippen molar-refractivity contribution in [3.8, 4) is 0 Å². The minimum Gasteiger partial charge on any atom is -0.381 e. The molecule has 0 bridgehead atoms. The van der Waals surface area contributed by atoms with Crippen molar-refractivity contribution in [2.24, 2.45) is 11.1 Å². The van der Waals surface area contributed by atoms with Gasteiger partial charge in [-0.05, 0) is 88.7 Å². The van der Waals surface area contributed by atoms with Gasteiger partial charge in [0.2, 0.25) is 0 Å². The number of benzene rings is 1. The molecule has 0 aromatic heterocycles. The van der Waals surface area contributed by atoms with Crippen LogP contribution in [0.1, 0.15) is 45.4 Å². The van der Waals surface area contributed by atoms with Crippen molar-refractivity contribution >= 4 is 31.7 Å². The summed E-state index contributed by atoms with van der Waals surface area (Å²) < 4.78 is 13.6. The number of thiol groups is 1. The quantitative estimate of drug-likeness (QED) is 0.702. The number of nitrogens with one attached hydrogen (secondary N) is 1. The second-order valence-corrected chi connectivity index (χ2v) is 10.2. The van der Waals surface area contributed by atoms with Gasteiger partial charge >= 0.3 is 0 Å². The molecule has 2 aliphatic rings. The van der Waals surface area contributed by atoms with Gasteiger partial charge in [-0.3, -0.25) is 9.35 Å². The maximum atomic E-state index is 12.6. The van der Waals surface area contributed by atoms with Crippen molar-refractivity contribution in [1.29, 1.82) is 0 Å². The van der Waals surface area contributed by atoms with E-state index in [0.717, 1.165) is 33.8 Å². The molecule has 0 amide bonds. The largest absolute Gasteiger partial charge is 0.381 e. The van der Waals surface area contributed by atoms with E-state index in [1.54, 1.807) is 0 Å². The van der Waals surface area contributed by atoms with Gasteiger partial charge in [-0.1, -0.05) is 6.92 Å². The molecular weight excluding hydrogens is 348 g/mol. The highest BCUT2D eigenvalue weighted by atomic mass is 79.9. The van der Waals surface area contributed by atoms with Crippen LogP contribution < -0.4 is 10.5 Å². The van der Waals surface area contributed by atoms with Crippen LogP contribution >= 0.6 is 15.9 Å². The Morgan fingerprint density at radius 2 is 1.86 bits per heavy atom. The number of halogens is 1. The van der Waals surface area contributed by atoms with E-state index in [1.165, 1.54) is 25.7 Å². The molecule has 1 aromatic rings. The lowest BCUT2D eigenvalue weighted by Crippen LogP contribution is -2.28. The lowest BCUT2D eigenvalue weighted by atomic mass is 9.87. The van der Waals surface area contributed by atoms with E-state index < -0.39 is 10.1 Å². The van der Waals surface area contributed by atoms with Crippen LogP contribution in [0.4, 0.5) is 5.69 Å². The van der Waals surface area contributed by atoms with Gasteiger partial charge in [0, 0.05) is 26.3 Å². The van der Waals surface area contributed by atoms with Gasteiger partial charge < -0.3 is 5.32 Å². The van der Waals surface area contributed by atoms with E-state index in [0.29, 0.717) is 6.04 Å². The van der Waals surface area contributed by atoms with Crippen molar-refractivity contribution in [3.05, 3.63) is 22.7 Å². The Morgan fingerprint density at radius 1 is 1.19 bits per heavy atom. The number of rotatable bonds is 4. The molecule has 0 atom stereocenters. The monoisotopic (exact) mass is 372 g/mol. The molecule has 0 radical (unpaired) electrons. The minimum atomic E-state index is -2.66. The zero-order chi connectivity index (χ0) is 15.0. The maximum Gasteiger partial charge on any atom is 0.0487 e. The molecule has 0 unspecified atom stereocenters. The van der Waals surface area contributed by atoms with E-state index in [2.05, 4.69) is 28.2 Å². The third-order valence-electron chi connectivity index (χ3n) is 4.82. The summed E-state index contributed by atoms with van der Waals surface area (Å²) in [6, 6.07) is 6.47. The number of anilines is 1. The molecule has 1 aromatic carbocycles. The first-order chi connectivity index (χ1) is 9.96. The molecule has 0 saturated heterocycles. The molecule has 0 heterocycles.